The summed E-state index contributed by atoms with van der Waals surface area (Å²) < 4.78 is 3.50. The van der Waals surface area contributed by atoms with Gasteiger partial charge in [-0.15, -0.1) is 10.2 Å². The number of aromatic amines is 1. The molecule has 8 nitrogen and oxygen atoms in total. The first-order chi connectivity index (χ1) is 18.2. The number of benzene rings is 2. The van der Waals surface area contributed by atoms with Gasteiger partial charge in [0.25, 0.3) is 0 Å². The van der Waals surface area contributed by atoms with Crippen LogP contribution in [0.3, 0.4) is 0 Å². The number of pyridine rings is 1. The van der Waals surface area contributed by atoms with E-state index in [1.54, 1.807) is 9.13 Å². The maximum atomic E-state index is 13.5. The van der Waals surface area contributed by atoms with Crippen molar-refractivity contribution in [3.8, 4) is 22.6 Å². The SMILES string of the molecule is CCCCc1c(Cl)n(CCc2ccccc2)c(=O)n1Cc1ccc(-c2ccccc2-c2nn[nH]n2)nc1. The van der Waals surface area contributed by atoms with Crippen molar-refractivity contribution in [3.05, 3.63) is 105 Å². The molecule has 0 aliphatic heterocycles. The van der Waals surface area contributed by atoms with Crippen molar-refractivity contribution in [2.75, 3.05) is 0 Å². The molecule has 1 N–H and O–H groups in total. The van der Waals surface area contributed by atoms with Crippen LogP contribution in [-0.4, -0.2) is 34.7 Å². The number of tetrazole rings is 1. The fourth-order valence-electron chi connectivity index (χ4n) is 4.47. The van der Waals surface area contributed by atoms with E-state index in [2.05, 4.69) is 39.7 Å². The molecular formula is C28H28ClN7O. The second kappa shape index (κ2) is 11.3. The van der Waals surface area contributed by atoms with Crippen LogP contribution in [0.15, 0.2) is 77.7 Å². The Kier molecular flexibility index (Phi) is 7.56. The van der Waals surface area contributed by atoms with Gasteiger partial charge >= 0.3 is 5.69 Å². The number of H-pyrrole nitrogens is 1. The maximum Gasteiger partial charge on any atom is 0.329 e. The fourth-order valence-corrected chi connectivity index (χ4v) is 4.83. The quantitative estimate of drug-likeness (QED) is 0.278. The lowest BCUT2D eigenvalue weighted by atomic mass is 10.0. The molecule has 2 aromatic carbocycles. The molecule has 0 amide bonds. The smallest absolute Gasteiger partial charge is 0.290 e. The number of nitrogens with zero attached hydrogens (tertiary/aromatic N) is 6. The minimum absolute atomic E-state index is 0.0847. The van der Waals surface area contributed by atoms with Gasteiger partial charge < -0.3 is 0 Å². The van der Waals surface area contributed by atoms with E-state index in [1.807, 2.05) is 60.8 Å². The summed E-state index contributed by atoms with van der Waals surface area (Å²) in [6.45, 7) is 3.09. The van der Waals surface area contributed by atoms with E-state index < -0.39 is 0 Å². The lowest BCUT2D eigenvalue weighted by molar-refractivity contribution is 0.625. The third-order valence-corrected chi connectivity index (χ3v) is 6.87. The molecule has 0 radical (unpaired) electrons. The Labute approximate surface area is 220 Å². The highest BCUT2D eigenvalue weighted by Crippen LogP contribution is 2.28. The molecule has 0 spiro atoms. The monoisotopic (exact) mass is 513 g/mol. The fraction of sp³-hybridized carbons (Fsp3) is 0.250. The average molecular weight is 514 g/mol. The van der Waals surface area contributed by atoms with Gasteiger partial charge in [0.2, 0.25) is 5.82 Å². The molecular weight excluding hydrogens is 486 g/mol. The van der Waals surface area contributed by atoms with E-state index in [1.165, 1.54) is 5.56 Å². The van der Waals surface area contributed by atoms with Gasteiger partial charge in [0.15, 0.2) is 0 Å². The van der Waals surface area contributed by atoms with Crippen LogP contribution in [0.5, 0.6) is 0 Å². The molecule has 0 aliphatic rings. The van der Waals surface area contributed by atoms with Crippen molar-refractivity contribution in [2.45, 2.75) is 45.7 Å². The van der Waals surface area contributed by atoms with E-state index in [9.17, 15) is 4.79 Å². The second-order valence-corrected chi connectivity index (χ2v) is 9.29. The average Bonchev–Trinajstić information content (AvgIpc) is 3.55. The second-order valence-electron chi connectivity index (χ2n) is 8.93. The molecule has 5 aromatic rings. The number of aromatic nitrogens is 7. The molecule has 3 aromatic heterocycles. The van der Waals surface area contributed by atoms with Crippen LogP contribution in [-0.2, 0) is 25.9 Å². The van der Waals surface area contributed by atoms with Crippen molar-refractivity contribution >= 4 is 11.6 Å². The zero-order valence-electron chi connectivity index (χ0n) is 20.6. The summed E-state index contributed by atoms with van der Waals surface area (Å²) >= 11 is 6.78. The van der Waals surface area contributed by atoms with Gasteiger partial charge in [-0.05, 0) is 41.7 Å². The van der Waals surface area contributed by atoms with Crippen LogP contribution < -0.4 is 5.69 Å². The third-order valence-electron chi connectivity index (χ3n) is 6.45. The third kappa shape index (κ3) is 5.39. The van der Waals surface area contributed by atoms with Crippen molar-refractivity contribution in [3.63, 3.8) is 0 Å². The molecule has 0 unspecified atom stereocenters. The number of halogens is 1. The van der Waals surface area contributed by atoms with Gasteiger partial charge in [-0.1, -0.05) is 85.6 Å². The van der Waals surface area contributed by atoms with Crippen LogP contribution in [0.2, 0.25) is 5.15 Å². The number of hydrogen-bond donors (Lipinski definition) is 1. The van der Waals surface area contributed by atoms with Crippen molar-refractivity contribution in [1.29, 1.82) is 0 Å². The van der Waals surface area contributed by atoms with Gasteiger partial charge in [-0.3, -0.25) is 14.1 Å². The predicted molar refractivity (Wildman–Crippen MR) is 144 cm³/mol. The van der Waals surface area contributed by atoms with Gasteiger partial charge in [-0.2, -0.15) is 5.21 Å². The molecule has 3 heterocycles. The first-order valence-electron chi connectivity index (χ1n) is 12.5. The summed E-state index contributed by atoms with van der Waals surface area (Å²) in [5, 5.41) is 14.9. The molecule has 188 valence electrons. The standard InChI is InChI=1S/C28H28ClN7O/c1-2-3-13-25-26(29)35(17-16-20-9-5-4-6-10-20)28(37)36(25)19-21-14-15-24(30-18-21)22-11-7-8-12-23(22)27-31-33-34-32-27/h4-12,14-15,18H,2-3,13,16-17,19H2,1H3,(H,31,32,33,34). The van der Waals surface area contributed by atoms with Gasteiger partial charge in [0, 0.05) is 23.9 Å². The Bertz CT molecular complexity index is 1510. The van der Waals surface area contributed by atoms with E-state index in [0.29, 0.717) is 24.1 Å². The zero-order chi connectivity index (χ0) is 25.6. The minimum atomic E-state index is -0.0847. The number of nitrogens with one attached hydrogen (secondary N) is 1. The van der Waals surface area contributed by atoms with Crippen molar-refractivity contribution in [2.24, 2.45) is 0 Å². The topological polar surface area (TPSA) is 94.3 Å². The molecule has 37 heavy (non-hydrogen) atoms. The Hall–Kier alpha value is -4.04. The summed E-state index contributed by atoms with van der Waals surface area (Å²) in [6.07, 6.45) is 5.30. The lowest BCUT2D eigenvalue weighted by Gasteiger charge is -2.09. The van der Waals surface area contributed by atoms with Gasteiger partial charge in [0.05, 0.1) is 17.9 Å². The first-order valence-corrected chi connectivity index (χ1v) is 12.8. The molecule has 0 fully saturated rings. The van der Waals surface area contributed by atoms with Crippen LogP contribution >= 0.6 is 11.6 Å². The molecule has 0 saturated carbocycles. The first kappa shape index (κ1) is 24.6. The van der Waals surface area contributed by atoms with Gasteiger partial charge in [0.1, 0.15) is 5.15 Å². The highest BCUT2D eigenvalue weighted by atomic mass is 35.5. The summed E-state index contributed by atoms with van der Waals surface area (Å²) in [5.41, 5.74) is 5.45. The molecule has 0 aliphatic carbocycles. The zero-order valence-corrected chi connectivity index (χ0v) is 21.4. The number of hydrogen-bond acceptors (Lipinski definition) is 5. The summed E-state index contributed by atoms with van der Waals surface area (Å²) in [7, 11) is 0. The molecule has 5 rings (SSSR count). The summed E-state index contributed by atoms with van der Waals surface area (Å²) in [5.74, 6) is 0.514. The molecule has 9 heteroatoms. The molecule has 0 bridgehead atoms. The highest BCUT2D eigenvalue weighted by molar-refractivity contribution is 6.30. The molecule has 0 saturated heterocycles. The van der Waals surface area contributed by atoms with Gasteiger partial charge in [-0.25, -0.2) is 4.79 Å². The molecule has 0 atom stereocenters. The van der Waals surface area contributed by atoms with Crippen LogP contribution in [0.4, 0.5) is 0 Å². The Morgan fingerprint density at radius 3 is 2.38 bits per heavy atom. The highest BCUT2D eigenvalue weighted by Gasteiger charge is 2.19. The summed E-state index contributed by atoms with van der Waals surface area (Å²) in [6, 6.07) is 21.9. The Morgan fingerprint density at radius 1 is 0.892 bits per heavy atom. The largest absolute Gasteiger partial charge is 0.329 e. The summed E-state index contributed by atoms with van der Waals surface area (Å²) in [4.78, 5) is 18.2. The predicted octanol–water partition coefficient (Wildman–Crippen LogP) is 5.18. The van der Waals surface area contributed by atoms with Crippen molar-refractivity contribution < 1.29 is 0 Å². The maximum absolute atomic E-state index is 13.5. The van der Waals surface area contributed by atoms with E-state index >= 15 is 0 Å². The van der Waals surface area contributed by atoms with Crippen LogP contribution in [0, 0.1) is 0 Å². The van der Waals surface area contributed by atoms with Crippen LogP contribution in [0.1, 0.15) is 36.6 Å². The van der Waals surface area contributed by atoms with E-state index in [4.69, 9.17) is 16.6 Å². The van der Waals surface area contributed by atoms with Crippen molar-refractivity contribution in [1.82, 2.24) is 34.7 Å². The van der Waals surface area contributed by atoms with E-state index in [0.717, 1.165) is 53.8 Å². The number of unbranched alkanes of at least 4 members (excludes halogenated alkanes) is 1. The lowest BCUT2D eigenvalue weighted by Crippen LogP contribution is -2.26. The normalized spacial score (nSPS) is 11.2. The van der Waals surface area contributed by atoms with E-state index in [-0.39, 0.29) is 5.69 Å². The number of rotatable bonds is 10. The van der Waals surface area contributed by atoms with Crippen LogP contribution in [0.25, 0.3) is 22.6 Å². The Balaban J connectivity index is 1.42. The number of imidazole rings is 1. The number of aryl methyl sites for hydroxylation is 1. The minimum Gasteiger partial charge on any atom is -0.290 e. The Morgan fingerprint density at radius 2 is 1.68 bits per heavy atom.